The number of carboxylic acids is 1. The molecule has 4 aromatic rings. The van der Waals surface area contributed by atoms with Gasteiger partial charge in [0.05, 0.1) is 6.04 Å². The average Bonchev–Trinajstić information content (AvgIpc) is 2.96. The van der Waals surface area contributed by atoms with Gasteiger partial charge in [0.15, 0.2) is 0 Å². The summed E-state index contributed by atoms with van der Waals surface area (Å²) in [6.45, 7) is 1.86. The van der Waals surface area contributed by atoms with Crippen LogP contribution in [-0.4, -0.2) is 27.9 Å². The summed E-state index contributed by atoms with van der Waals surface area (Å²) in [7, 11) is 0. The van der Waals surface area contributed by atoms with Crippen LogP contribution in [0.4, 0.5) is 5.69 Å². The number of carbonyl (C=O) groups excluding carboxylic acids is 2. The maximum atomic E-state index is 13.8. The molecule has 0 radical (unpaired) electrons. The fraction of sp³-hybridized carbons (Fsp3) is 0.0968. The van der Waals surface area contributed by atoms with Crippen molar-refractivity contribution in [3.63, 3.8) is 0 Å². The lowest BCUT2D eigenvalue weighted by molar-refractivity contribution is -0.131. The molecule has 0 bridgehead atoms. The number of aromatic nitrogens is 1. The van der Waals surface area contributed by atoms with Gasteiger partial charge in [0.2, 0.25) is 5.91 Å². The fourth-order valence-corrected chi connectivity index (χ4v) is 4.14. The van der Waals surface area contributed by atoms with Crippen LogP contribution in [0.25, 0.3) is 11.1 Å². The molecule has 1 unspecified atom stereocenters. The minimum Gasteiger partial charge on any atom is -0.478 e. The summed E-state index contributed by atoms with van der Waals surface area (Å²) >= 11 is 0. The molecule has 0 fully saturated rings. The number of anilines is 1. The van der Waals surface area contributed by atoms with Crippen LogP contribution in [0.2, 0.25) is 0 Å². The third kappa shape index (κ3) is 6.39. The predicted molar refractivity (Wildman–Crippen MR) is 146 cm³/mol. The van der Waals surface area contributed by atoms with Gasteiger partial charge >= 0.3 is 5.97 Å². The van der Waals surface area contributed by atoms with Gasteiger partial charge in [0.25, 0.3) is 5.91 Å². The van der Waals surface area contributed by atoms with Gasteiger partial charge in [-0.3, -0.25) is 19.5 Å². The number of carboxylic acid groups (broad SMARTS) is 1. The van der Waals surface area contributed by atoms with Crippen LogP contribution in [-0.2, 0) is 14.4 Å². The van der Waals surface area contributed by atoms with Gasteiger partial charge in [-0.15, -0.1) is 0 Å². The smallest absolute Gasteiger partial charge is 0.328 e. The minimum absolute atomic E-state index is 0.338. The van der Waals surface area contributed by atoms with Crippen molar-refractivity contribution in [3.8, 4) is 11.1 Å². The molecule has 0 aliphatic heterocycles. The second-order valence-corrected chi connectivity index (χ2v) is 8.62. The Bertz CT molecular complexity index is 1410. The molecule has 2 N–H and O–H groups in total. The number of benzene rings is 3. The highest BCUT2D eigenvalue weighted by atomic mass is 16.4. The van der Waals surface area contributed by atoms with E-state index >= 15 is 0 Å². The van der Waals surface area contributed by atoms with E-state index in [1.165, 1.54) is 11.1 Å². The zero-order valence-electron chi connectivity index (χ0n) is 20.8. The summed E-state index contributed by atoms with van der Waals surface area (Å²) in [5.41, 5.74) is 3.75. The Hall–Kier alpha value is -5.04. The summed E-state index contributed by atoms with van der Waals surface area (Å²) in [4.78, 5) is 43.9. The number of pyridine rings is 1. The molecular formula is C31H27N3O4. The summed E-state index contributed by atoms with van der Waals surface area (Å²) in [6.07, 6.45) is 4.82. The second-order valence-electron chi connectivity index (χ2n) is 8.62. The van der Waals surface area contributed by atoms with Gasteiger partial charge in [-0.1, -0.05) is 78.9 Å². The van der Waals surface area contributed by atoms with Crippen molar-refractivity contribution in [1.82, 2.24) is 10.3 Å². The molecule has 2 atom stereocenters. The lowest BCUT2D eigenvalue weighted by Crippen LogP contribution is -2.44. The quantitative estimate of drug-likeness (QED) is 0.299. The van der Waals surface area contributed by atoms with Crippen LogP contribution >= 0.6 is 0 Å². The van der Waals surface area contributed by atoms with E-state index < -0.39 is 23.8 Å². The van der Waals surface area contributed by atoms with Crippen molar-refractivity contribution in [2.45, 2.75) is 19.0 Å². The van der Waals surface area contributed by atoms with Crippen molar-refractivity contribution in [1.29, 1.82) is 0 Å². The van der Waals surface area contributed by atoms with Gasteiger partial charge in [-0.05, 0) is 41.8 Å². The average molecular weight is 506 g/mol. The molecule has 7 nitrogen and oxygen atoms in total. The van der Waals surface area contributed by atoms with Crippen molar-refractivity contribution in [2.24, 2.45) is 0 Å². The van der Waals surface area contributed by atoms with E-state index in [0.717, 1.165) is 28.8 Å². The summed E-state index contributed by atoms with van der Waals surface area (Å²) in [6, 6.07) is 28.4. The summed E-state index contributed by atoms with van der Waals surface area (Å²) < 4.78 is 0. The zero-order chi connectivity index (χ0) is 26.9. The predicted octanol–water partition coefficient (Wildman–Crippen LogP) is 5.34. The monoisotopic (exact) mass is 505 g/mol. The molecule has 1 heterocycles. The van der Waals surface area contributed by atoms with E-state index in [9.17, 15) is 14.4 Å². The minimum atomic E-state index is -1.27. The lowest BCUT2D eigenvalue weighted by atomic mass is 10.0. The maximum absolute atomic E-state index is 13.8. The molecule has 0 saturated carbocycles. The van der Waals surface area contributed by atoms with Crippen LogP contribution in [0.15, 0.2) is 122 Å². The number of amides is 2. The first-order chi connectivity index (χ1) is 18.4. The first-order valence-corrected chi connectivity index (χ1v) is 12.1. The number of carbonyl (C=O) groups is 3. The van der Waals surface area contributed by atoms with Gasteiger partial charge in [0, 0.05) is 35.8 Å². The van der Waals surface area contributed by atoms with Crippen LogP contribution in [0.1, 0.15) is 30.1 Å². The number of nitrogens with zero attached hydrogens (tertiary/aromatic N) is 2. The lowest BCUT2D eigenvalue weighted by Gasteiger charge is -2.31. The van der Waals surface area contributed by atoms with Crippen molar-refractivity contribution >= 4 is 23.5 Å². The van der Waals surface area contributed by atoms with E-state index in [0.29, 0.717) is 11.3 Å². The molecule has 3 aromatic carbocycles. The SMILES string of the molecule is C[C@H](NC(=O)C(c1cccnc1)N(C(=O)/C=C/C(=O)O)c1ccc(-c2ccccc2)cc1)c1ccccc1. The molecule has 0 saturated heterocycles. The first kappa shape index (κ1) is 26.0. The Morgan fingerprint density at radius 1 is 0.789 bits per heavy atom. The highest BCUT2D eigenvalue weighted by molar-refractivity contribution is 6.08. The Labute approximate surface area is 221 Å². The van der Waals surface area contributed by atoms with Crippen molar-refractivity contribution in [2.75, 3.05) is 4.90 Å². The molecule has 4 rings (SSSR count). The summed E-state index contributed by atoms with van der Waals surface area (Å²) in [5, 5.41) is 12.1. The normalized spacial score (nSPS) is 12.4. The molecule has 0 aliphatic rings. The van der Waals surface area contributed by atoms with E-state index in [1.54, 1.807) is 30.5 Å². The molecule has 2 amide bonds. The molecule has 7 heteroatoms. The van der Waals surface area contributed by atoms with Gasteiger partial charge < -0.3 is 10.4 Å². The van der Waals surface area contributed by atoms with Crippen LogP contribution < -0.4 is 10.2 Å². The van der Waals surface area contributed by atoms with Crippen LogP contribution in [0.5, 0.6) is 0 Å². The number of rotatable bonds is 9. The largest absolute Gasteiger partial charge is 0.478 e. The number of hydrogen-bond acceptors (Lipinski definition) is 4. The summed E-state index contributed by atoms with van der Waals surface area (Å²) in [5.74, 6) is -2.35. The zero-order valence-corrected chi connectivity index (χ0v) is 20.8. The highest BCUT2D eigenvalue weighted by Crippen LogP contribution is 2.31. The second kappa shape index (κ2) is 12.3. The standard InChI is InChI=1S/C31H27N3O4/c1-22(23-9-4-2-5-10-23)33-31(38)30(26-13-8-20-32-21-26)34(28(35)18-19-29(36)37)27-16-14-25(15-17-27)24-11-6-3-7-12-24/h2-22,30H,1H3,(H,33,38)(H,36,37)/b19-18+/t22-,30?/m0/s1. The Morgan fingerprint density at radius 2 is 1.39 bits per heavy atom. The highest BCUT2D eigenvalue weighted by Gasteiger charge is 2.33. The molecule has 1 aromatic heterocycles. The first-order valence-electron chi connectivity index (χ1n) is 12.1. The van der Waals surface area contributed by atoms with E-state index in [2.05, 4.69) is 10.3 Å². The Balaban J connectivity index is 1.76. The molecule has 0 aliphatic carbocycles. The molecule has 0 spiro atoms. The van der Waals surface area contributed by atoms with Crippen LogP contribution in [0.3, 0.4) is 0 Å². The number of hydrogen-bond donors (Lipinski definition) is 2. The van der Waals surface area contributed by atoms with E-state index in [-0.39, 0.29) is 6.04 Å². The maximum Gasteiger partial charge on any atom is 0.328 e. The van der Waals surface area contributed by atoms with Gasteiger partial charge in [0.1, 0.15) is 6.04 Å². The van der Waals surface area contributed by atoms with Crippen molar-refractivity contribution in [3.05, 3.63) is 133 Å². The Kier molecular flexibility index (Phi) is 8.41. The van der Waals surface area contributed by atoms with Crippen LogP contribution in [0, 0.1) is 0 Å². The fourth-order valence-electron chi connectivity index (χ4n) is 4.14. The van der Waals surface area contributed by atoms with Gasteiger partial charge in [-0.2, -0.15) is 0 Å². The Morgan fingerprint density at radius 3 is 2.00 bits per heavy atom. The third-order valence-corrected chi connectivity index (χ3v) is 6.02. The number of nitrogens with one attached hydrogen (secondary N) is 1. The topological polar surface area (TPSA) is 99.6 Å². The molecular weight excluding hydrogens is 478 g/mol. The van der Waals surface area contributed by atoms with E-state index in [1.807, 2.05) is 79.7 Å². The van der Waals surface area contributed by atoms with E-state index in [4.69, 9.17) is 5.11 Å². The number of aliphatic carboxylic acids is 1. The van der Waals surface area contributed by atoms with Crippen molar-refractivity contribution < 1.29 is 19.5 Å². The molecule has 190 valence electrons. The third-order valence-electron chi connectivity index (χ3n) is 6.02. The van der Waals surface area contributed by atoms with Gasteiger partial charge in [-0.25, -0.2) is 4.79 Å². The molecule has 38 heavy (non-hydrogen) atoms.